The molecule has 1 N–H and O–H groups in total. The van der Waals surface area contributed by atoms with Crippen LogP contribution in [0.2, 0.25) is 10.0 Å². The van der Waals surface area contributed by atoms with Crippen LogP contribution in [-0.4, -0.2) is 20.8 Å². The normalized spacial score (nSPS) is 11.4. The van der Waals surface area contributed by atoms with E-state index in [1.165, 1.54) is 12.3 Å². The van der Waals surface area contributed by atoms with Gasteiger partial charge in [0.2, 0.25) is 0 Å². The lowest BCUT2D eigenvalue weighted by Crippen LogP contribution is -2.21. The number of amides is 1. The van der Waals surface area contributed by atoms with Crippen LogP contribution < -0.4 is 5.32 Å². The zero-order valence-corrected chi connectivity index (χ0v) is 14.3. The highest BCUT2D eigenvalue weighted by Gasteiger charge is 2.32. The number of halogens is 5. The predicted molar refractivity (Wildman–Crippen MR) is 91.3 cm³/mol. The number of alkyl halides is 3. The van der Waals surface area contributed by atoms with Gasteiger partial charge in [0.15, 0.2) is 0 Å². The number of anilines is 1. The fourth-order valence-electron chi connectivity index (χ4n) is 2.14. The van der Waals surface area contributed by atoms with E-state index in [9.17, 15) is 18.0 Å². The van der Waals surface area contributed by atoms with Crippen LogP contribution in [0.5, 0.6) is 0 Å². The molecule has 3 rings (SSSR count). The third-order valence-electron chi connectivity index (χ3n) is 3.34. The molecule has 0 unspecified atom stereocenters. The summed E-state index contributed by atoms with van der Waals surface area (Å²) in [6.07, 6.45) is -2.61. The maximum absolute atomic E-state index is 12.7. The number of hydrogen-bond acceptors (Lipinski definition) is 3. The van der Waals surface area contributed by atoms with Crippen LogP contribution in [0, 0.1) is 0 Å². The fraction of sp³-hybridized carbons (Fsp3) is 0.0625. The number of nitrogens with one attached hydrogen (secondary N) is 1. The quantitative estimate of drug-likeness (QED) is 0.630. The first-order valence-electron chi connectivity index (χ1n) is 7.10. The number of rotatable bonds is 2. The smallest absolute Gasteiger partial charge is 0.306 e. The van der Waals surface area contributed by atoms with Gasteiger partial charge in [0, 0.05) is 16.9 Å². The van der Waals surface area contributed by atoms with Crippen LogP contribution in [0.4, 0.5) is 23.7 Å². The third-order valence-corrected chi connectivity index (χ3v) is 3.88. The summed E-state index contributed by atoms with van der Waals surface area (Å²) in [6.45, 7) is 0. The van der Waals surface area contributed by atoms with Gasteiger partial charge in [-0.1, -0.05) is 23.2 Å². The molecule has 2 aromatic heterocycles. The standard InChI is InChI=1S/C16H9Cl2F3N4O/c17-10-1-3-11(4-2-10)24-15(26)25-13(5-6-23-25)14-12(18)7-9(8-22-14)16(19,20)21/h1-8H,(H,24,26). The molecule has 134 valence electrons. The van der Waals surface area contributed by atoms with Crippen molar-refractivity contribution in [1.82, 2.24) is 14.8 Å². The lowest BCUT2D eigenvalue weighted by atomic mass is 10.2. The Kier molecular flexibility index (Phi) is 4.88. The first kappa shape index (κ1) is 18.2. The van der Waals surface area contributed by atoms with E-state index in [1.54, 1.807) is 24.3 Å². The van der Waals surface area contributed by atoms with Crippen molar-refractivity contribution in [2.45, 2.75) is 6.18 Å². The van der Waals surface area contributed by atoms with Crippen LogP contribution in [0.1, 0.15) is 5.56 Å². The van der Waals surface area contributed by atoms with E-state index in [-0.39, 0.29) is 16.4 Å². The van der Waals surface area contributed by atoms with Crippen molar-refractivity contribution in [1.29, 1.82) is 0 Å². The maximum atomic E-state index is 12.7. The molecule has 0 aliphatic carbocycles. The third kappa shape index (κ3) is 3.81. The summed E-state index contributed by atoms with van der Waals surface area (Å²) in [6, 6.07) is 7.90. The summed E-state index contributed by atoms with van der Waals surface area (Å²) in [5, 5.41) is 6.72. The van der Waals surface area contributed by atoms with Crippen molar-refractivity contribution >= 4 is 34.9 Å². The van der Waals surface area contributed by atoms with Crippen LogP contribution in [0.3, 0.4) is 0 Å². The second-order valence-electron chi connectivity index (χ2n) is 5.12. The predicted octanol–water partition coefficient (Wildman–Crippen LogP) is 5.35. The largest absolute Gasteiger partial charge is 0.417 e. The molecule has 0 aliphatic rings. The van der Waals surface area contributed by atoms with Crippen LogP contribution in [0.15, 0.2) is 48.8 Å². The van der Waals surface area contributed by atoms with Gasteiger partial charge in [0.25, 0.3) is 0 Å². The summed E-state index contributed by atoms with van der Waals surface area (Å²) >= 11 is 11.7. The summed E-state index contributed by atoms with van der Waals surface area (Å²) < 4.78 is 39.1. The van der Waals surface area contributed by atoms with E-state index in [4.69, 9.17) is 23.2 Å². The fourth-order valence-corrected chi connectivity index (χ4v) is 2.52. The lowest BCUT2D eigenvalue weighted by Gasteiger charge is -2.11. The molecule has 26 heavy (non-hydrogen) atoms. The maximum Gasteiger partial charge on any atom is 0.417 e. The molecule has 1 amide bonds. The Morgan fingerprint density at radius 3 is 2.42 bits per heavy atom. The van der Waals surface area contributed by atoms with Crippen LogP contribution >= 0.6 is 23.2 Å². The van der Waals surface area contributed by atoms with Gasteiger partial charge in [-0.25, -0.2) is 4.79 Å². The molecule has 0 atom stereocenters. The van der Waals surface area contributed by atoms with E-state index in [1.807, 2.05) is 0 Å². The molecular formula is C16H9Cl2F3N4O. The Bertz CT molecular complexity index is 955. The molecule has 0 aliphatic heterocycles. The molecule has 0 bridgehead atoms. The van der Waals surface area contributed by atoms with Crippen molar-refractivity contribution in [3.8, 4) is 11.4 Å². The topological polar surface area (TPSA) is 59.8 Å². The molecular weight excluding hydrogens is 392 g/mol. The molecule has 0 saturated heterocycles. The minimum absolute atomic E-state index is 0.00317. The average Bonchev–Trinajstić information content (AvgIpc) is 3.05. The number of hydrogen-bond donors (Lipinski definition) is 1. The SMILES string of the molecule is O=C(Nc1ccc(Cl)cc1)n1nccc1-c1ncc(C(F)(F)F)cc1Cl. The Labute approximate surface area is 155 Å². The lowest BCUT2D eigenvalue weighted by molar-refractivity contribution is -0.137. The van der Waals surface area contributed by atoms with Crippen LogP contribution in [0.25, 0.3) is 11.4 Å². The molecule has 1 aromatic carbocycles. The van der Waals surface area contributed by atoms with E-state index in [0.29, 0.717) is 16.9 Å². The summed E-state index contributed by atoms with van der Waals surface area (Å²) in [4.78, 5) is 16.1. The number of aromatic nitrogens is 3. The van der Waals surface area contributed by atoms with Gasteiger partial charge in [-0.3, -0.25) is 4.98 Å². The van der Waals surface area contributed by atoms with Gasteiger partial charge in [0.1, 0.15) is 5.69 Å². The Morgan fingerprint density at radius 1 is 1.12 bits per heavy atom. The van der Waals surface area contributed by atoms with Gasteiger partial charge in [-0.2, -0.15) is 23.0 Å². The van der Waals surface area contributed by atoms with Gasteiger partial charge in [0.05, 0.1) is 22.5 Å². The van der Waals surface area contributed by atoms with Crippen LogP contribution in [-0.2, 0) is 6.18 Å². The number of pyridine rings is 1. The Balaban J connectivity index is 1.91. The molecule has 0 radical (unpaired) electrons. The molecule has 0 saturated carbocycles. The minimum Gasteiger partial charge on any atom is -0.306 e. The number of benzene rings is 1. The second kappa shape index (κ2) is 6.97. The summed E-state index contributed by atoms with van der Waals surface area (Å²) in [5.41, 5.74) is -0.367. The first-order chi connectivity index (χ1) is 12.3. The van der Waals surface area contributed by atoms with E-state index >= 15 is 0 Å². The van der Waals surface area contributed by atoms with E-state index < -0.39 is 17.8 Å². The van der Waals surface area contributed by atoms with Gasteiger partial charge < -0.3 is 5.32 Å². The average molecular weight is 401 g/mol. The number of nitrogens with zero attached hydrogens (tertiary/aromatic N) is 3. The summed E-state index contributed by atoms with van der Waals surface area (Å²) in [5.74, 6) is 0. The van der Waals surface area contributed by atoms with Crippen molar-refractivity contribution in [2.24, 2.45) is 0 Å². The Hall–Kier alpha value is -2.58. The zero-order valence-electron chi connectivity index (χ0n) is 12.8. The molecule has 3 aromatic rings. The van der Waals surface area contributed by atoms with Gasteiger partial charge in [-0.05, 0) is 36.4 Å². The molecule has 0 fully saturated rings. The highest BCUT2D eigenvalue weighted by Crippen LogP contribution is 2.33. The highest BCUT2D eigenvalue weighted by atomic mass is 35.5. The summed E-state index contributed by atoms with van der Waals surface area (Å²) in [7, 11) is 0. The number of carbonyl (C=O) groups excluding carboxylic acids is 1. The van der Waals surface area contributed by atoms with Gasteiger partial charge in [-0.15, -0.1) is 0 Å². The van der Waals surface area contributed by atoms with Crippen molar-refractivity contribution < 1.29 is 18.0 Å². The van der Waals surface area contributed by atoms with E-state index in [0.717, 1.165) is 10.7 Å². The zero-order chi connectivity index (χ0) is 18.9. The molecule has 2 heterocycles. The van der Waals surface area contributed by atoms with Gasteiger partial charge >= 0.3 is 12.2 Å². The van der Waals surface area contributed by atoms with Crippen molar-refractivity contribution in [3.05, 3.63) is 64.4 Å². The monoisotopic (exact) mass is 400 g/mol. The minimum atomic E-state index is -4.57. The first-order valence-corrected chi connectivity index (χ1v) is 7.85. The molecule has 10 heteroatoms. The molecule has 5 nitrogen and oxygen atoms in total. The molecule has 0 spiro atoms. The van der Waals surface area contributed by atoms with Crippen molar-refractivity contribution in [2.75, 3.05) is 5.32 Å². The van der Waals surface area contributed by atoms with Crippen molar-refractivity contribution in [3.63, 3.8) is 0 Å². The Morgan fingerprint density at radius 2 is 1.81 bits per heavy atom. The number of carbonyl (C=O) groups is 1. The van der Waals surface area contributed by atoms with E-state index in [2.05, 4.69) is 15.4 Å². The second-order valence-corrected chi connectivity index (χ2v) is 5.96. The highest BCUT2D eigenvalue weighted by molar-refractivity contribution is 6.33.